The molecule has 0 bridgehead atoms. The first kappa shape index (κ1) is 87.8. The van der Waals surface area contributed by atoms with Crippen LogP contribution >= 0.6 is 34.8 Å². The van der Waals surface area contributed by atoms with Gasteiger partial charge in [-0.1, -0.05) is 104 Å². The van der Waals surface area contributed by atoms with Crippen molar-refractivity contribution < 1.29 is 59.4 Å². The number of phenolic OH excluding ortho intramolecular Hbond substituents is 1. The molecule has 4 aliphatic rings. The minimum absolute atomic E-state index is 0.0239. The number of aromatic amines is 2. The van der Waals surface area contributed by atoms with Crippen LogP contribution in [0.5, 0.6) is 5.75 Å². The molecule has 10 heterocycles. The van der Waals surface area contributed by atoms with Crippen LogP contribution in [0, 0.1) is 42.9 Å². The summed E-state index contributed by atoms with van der Waals surface area (Å²) in [4.78, 5) is 96.4. The van der Waals surface area contributed by atoms with Gasteiger partial charge in [0.25, 0.3) is 0 Å². The first-order valence-corrected chi connectivity index (χ1v) is 41.0. The van der Waals surface area contributed by atoms with Crippen LogP contribution in [-0.4, -0.2) is 213 Å². The van der Waals surface area contributed by atoms with Gasteiger partial charge in [-0.15, -0.1) is 0 Å². The molecule has 648 valence electrons. The standard InChI is InChI=1S/C24H21ClN6O.C23H20ClFN6O.C22H16ClF5N4O.C22H20F2N4O2/c1-2-23(32)30-8-10-31(11-9-30)24-19-13-20(25)18(14-22(19)26-15-27-24)16-4-3-5-17(12-16)21-6-7-28-29-21;1-3-17(32)30-6-8-31(9-7-30)23-15-10-16(24)19(20(25)22(15)26-12-27-23)18-13(2)4-5-14-11-28-29-21(14)18;1-2-17(33)31-5-7-32(8-6-31)21-14-10-16(23)18(19(25)20(14)29-11-30-21)13-4-3-12(24)9-15(13)22(26,27)28;1-3-17(30)27-7-9-28(10-8-27)22-14-11-13(2)18(20(24)21(14)25-12-26-22)19-15(23)5-4-6-16(19)29/h2-7,12-15H,1,8-11H2,(H,28,29);3-5,10-12H,1,6-9H2,2H3,(H,28,29);2-4,9-11H,1,5-8H2;3-6,11-12,29H,1,7-10H2,2H3. The van der Waals surface area contributed by atoms with E-state index in [0.717, 1.165) is 74.0 Å². The molecule has 18 rings (SSSR count). The summed E-state index contributed by atoms with van der Waals surface area (Å²) in [5, 5.41) is 27.8. The Balaban J connectivity index is 0.000000131. The van der Waals surface area contributed by atoms with Crippen LogP contribution < -0.4 is 19.6 Å². The van der Waals surface area contributed by atoms with E-state index in [0.29, 0.717) is 155 Å². The van der Waals surface area contributed by atoms with Gasteiger partial charge in [-0.3, -0.25) is 29.4 Å². The molecule has 6 aromatic heterocycles. The third-order valence-electron chi connectivity index (χ3n) is 22.5. The van der Waals surface area contributed by atoms with Gasteiger partial charge in [0.1, 0.15) is 82.5 Å². The fraction of sp³-hybridized carbons (Fsp3) is 0.209. The maximum atomic E-state index is 15.9. The number of phenols is 1. The zero-order chi connectivity index (χ0) is 89.8. The maximum absolute atomic E-state index is 15.9. The third-order valence-corrected chi connectivity index (χ3v) is 23.4. The first-order valence-electron chi connectivity index (χ1n) is 39.8. The molecule has 25 nitrogen and oxygen atoms in total. The van der Waals surface area contributed by atoms with Crippen molar-refractivity contribution in [3.05, 3.63) is 258 Å². The van der Waals surface area contributed by atoms with E-state index >= 15 is 13.2 Å². The van der Waals surface area contributed by atoms with Gasteiger partial charge < -0.3 is 44.3 Å². The van der Waals surface area contributed by atoms with Gasteiger partial charge in [0.2, 0.25) is 23.6 Å². The van der Waals surface area contributed by atoms with E-state index in [1.807, 2.05) is 70.2 Å². The third kappa shape index (κ3) is 17.9. The van der Waals surface area contributed by atoms with E-state index in [2.05, 4.69) is 97.5 Å². The smallest absolute Gasteiger partial charge is 0.417 e. The normalized spacial score (nSPS) is 14.3. The molecule has 0 radical (unpaired) electrons. The summed E-state index contributed by atoms with van der Waals surface area (Å²) >= 11 is 19.7. The number of alkyl halides is 3. The number of fused-ring (bicyclic) bond motifs is 5. The Kier molecular flexibility index (Phi) is 25.9. The van der Waals surface area contributed by atoms with Gasteiger partial charge in [0.05, 0.1) is 44.1 Å². The number of amides is 4. The van der Waals surface area contributed by atoms with E-state index in [1.165, 1.54) is 61.2 Å². The number of hydrogen-bond donors (Lipinski definition) is 3. The van der Waals surface area contributed by atoms with Crippen molar-refractivity contribution in [3.8, 4) is 61.5 Å². The van der Waals surface area contributed by atoms with Crippen LogP contribution in [-0.2, 0) is 25.4 Å². The Labute approximate surface area is 735 Å². The van der Waals surface area contributed by atoms with Crippen molar-refractivity contribution in [2.75, 3.05) is 124 Å². The number of benzene rings is 8. The lowest BCUT2D eigenvalue weighted by molar-refractivity contribution is -0.137. The largest absolute Gasteiger partial charge is 0.507 e. The molecule has 14 aromatic rings. The van der Waals surface area contributed by atoms with Crippen molar-refractivity contribution in [2.24, 2.45) is 0 Å². The minimum Gasteiger partial charge on any atom is -0.507 e. The van der Waals surface area contributed by atoms with Gasteiger partial charge in [-0.2, -0.15) is 23.4 Å². The maximum Gasteiger partial charge on any atom is 0.417 e. The van der Waals surface area contributed by atoms with Gasteiger partial charge >= 0.3 is 6.18 Å². The monoisotopic (exact) mass is 1790 g/mol. The van der Waals surface area contributed by atoms with Crippen molar-refractivity contribution in [1.29, 1.82) is 0 Å². The molecule has 0 spiro atoms. The lowest BCUT2D eigenvalue weighted by atomic mass is 9.96. The predicted octanol–water partition coefficient (Wildman–Crippen LogP) is 16.8. The molecule has 0 atom stereocenters. The molecule has 4 amide bonds. The number of rotatable bonds is 13. The molecule has 127 heavy (non-hydrogen) atoms. The highest BCUT2D eigenvalue weighted by molar-refractivity contribution is 6.36. The average molecular weight is 1790 g/mol. The number of piperazine rings is 4. The van der Waals surface area contributed by atoms with E-state index in [1.54, 1.807) is 57.4 Å². The highest BCUT2D eigenvalue weighted by atomic mass is 35.5. The number of aromatic nitrogens is 12. The fourth-order valence-electron chi connectivity index (χ4n) is 16.1. The molecule has 4 aliphatic heterocycles. The van der Waals surface area contributed by atoms with E-state index < -0.39 is 52.0 Å². The second kappa shape index (κ2) is 37.4. The number of hydrogen-bond acceptors (Lipinski definition) is 19. The zero-order valence-corrected chi connectivity index (χ0v) is 70.4. The van der Waals surface area contributed by atoms with Crippen LogP contribution in [0.15, 0.2) is 198 Å². The number of nitrogens with one attached hydrogen (secondary N) is 2. The molecule has 8 aromatic carbocycles. The van der Waals surface area contributed by atoms with Crippen LogP contribution in [0.25, 0.3) is 110 Å². The topological polar surface area (TPSA) is 275 Å². The van der Waals surface area contributed by atoms with E-state index in [-0.39, 0.29) is 78.1 Å². The van der Waals surface area contributed by atoms with E-state index in [9.17, 15) is 46.2 Å². The van der Waals surface area contributed by atoms with Crippen molar-refractivity contribution in [1.82, 2.24) is 79.9 Å². The lowest BCUT2D eigenvalue weighted by Crippen LogP contribution is -2.48. The summed E-state index contributed by atoms with van der Waals surface area (Å²) in [6.45, 7) is 26.1. The van der Waals surface area contributed by atoms with Crippen LogP contribution in [0.2, 0.25) is 15.1 Å². The number of halogens is 11. The van der Waals surface area contributed by atoms with Crippen molar-refractivity contribution >= 4 is 136 Å². The molecule has 3 N–H and O–H groups in total. The first-order chi connectivity index (χ1) is 61.2. The van der Waals surface area contributed by atoms with Crippen LogP contribution in [0.3, 0.4) is 0 Å². The SMILES string of the molecule is C=CC(=O)N1CCN(c2ncnc3c(F)c(-c4c(C)ccc5cn[nH]c45)c(Cl)cc23)CC1.C=CC(=O)N1CCN(c2ncnc3c(F)c(-c4c(O)cccc4F)c(C)cc23)CC1.C=CC(=O)N1CCN(c2ncnc3c(F)c(-c4ccc(F)cc4C(F)(F)F)c(Cl)cc23)CC1.C=CC(=O)N1CCN(c2ncnc3cc(-c4cccc(-c5ccn[nH]5)c4)c(Cl)cc23)CC1. The van der Waals surface area contributed by atoms with Gasteiger partial charge in [-0.05, 0) is 127 Å². The predicted molar refractivity (Wildman–Crippen MR) is 474 cm³/mol. The Morgan fingerprint density at radius 3 is 1.35 bits per heavy atom. The quantitative estimate of drug-likeness (QED) is 0.0714. The minimum atomic E-state index is -4.93. The molecule has 36 heteroatoms. The Morgan fingerprint density at radius 1 is 0.425 bits per heavy atom. The average Bonchev–Trinajstić information content (AvgIpc) is 1.12. The second-order valence-corrected chi connectivity index (χ2v) is 31.1. The summed E-state index contributed by atoms with van der Waals surface area (Å²) in [7, 11) is 0. The Morgan fingerprint density at radius 2 is 0.874 bits per heavy atom. The molecule has 4 saturated heterocycles. The number of aryl methyl sites for hydroxylation is 2. The summed E-state index contributed by atoms with van der Waals surface area (Å²) in [5.41, 5.74) is 5.08. The number of aromatic hydroxyl groups is 1. The molecular weight excluding hydrogens is 1710 g/mol. The van der Waals surface area contributed by atoms with Crippen LogP contribution in [0.1, 0.15) is 16.7 Å². The van der Waals surface area contributed by atoms with Gasteiger partial charge in [-0.25, -0.2) is 61.8 Å². The summed E-state index contributed by atoms with van der Waals surface area (Å²) < 4.78 is 115. The highest BCUT2D eigenvalue weighted by Gasteiger charge is 2.37. The lowest BCUT2D eigenvalue weighted by Gasteiger charge is -2.35. The van der Waals surface area contributed by atoms with E-state index in [4.69, 9.17) is 34.8 Å². The molecular formula is C91H77Cl3F8N20O5. The number of anilines is 4. The number of H-pyrrole nitrogens is 2. The van der Waals surface area contributed by atoms with Gasteiger partial charge in [0.15, 0.2) is 17.5 Å². The Hall–Kier alpha value is -14.1. The summed E-state index contributed by atoms with van der Waals surface area (Å²) in [5.74, 6) is -2.59. The fourth-order valence-corrected chi connectivity index (χ4v) is 16.9. The van der Waals surface area contributed by atoms with Gasteiger partial charge in [0, 0.05) is 176 Å². The highest BCUT2D eigenvalue weighted by Crippen LogP contribution is 2.47. The number of carbonyl (C=O) groups excluding carboxylic acids is 4. The molecule has 0 unspecified atom stereocenters. The number of nitrogens with zero attached hydrogens (tertiary/aromatic N) is 18. The van der Waals surface area contributed by atoms with Crippen molar-refractivity contribution in [2.45, 2.75) is 20.0 Å². The zero-order valence-electron chi connectivity index (χ0n) is 68.1. The molecule has 4 fully saturated rings. The Bertz CT molecular complexity index is 6650. The molecule has 0 aliphatic carbocycles. The summed E-state index contributed by atoms with van der Waals surface area (Å²) in [6, 6.07) is 28.4. The van der Waals surface area contributed by atoms with Crippen LogP contribution in [0.4, 0.5) is 58.4 Å². The molecule has 0 saturated carbocycles. The number of carbonyl (C=O) groups is 4. The second-order valence-electron chi connectivity index (χ2n) is 29.8. The summed E-state index contributed by atoms with van der Waals surface area (Å²) in [6.07, 6.45) is 9.00. The van der Waals surface area contributed by atoms with Crippen molar-refractivity contribution in [3.63, 3.8) is 0 Å².